The molecule has 0 amide bonds. The van der Waals surface area contributed by atoms with Gasteiger partial charge in [-0.25, -0.2) is 4.98 Å². The maximum Gasteiger partial charge on any atom is 0.282 e. The van der Waals surface area contributed by atoms with Crippen LogP contribution in [0.25, 0.3) is 21.7 Å². The van der Waals surface area contributed by atoms with Gasteiger partial charge >= 0.3 is 0 Å². The normalized spacial score (nSPS) is 12.4. The van der Waals surface area contributed by atoms with Crippen molar-refractivity contribution in [1.29, 1.82) is 0 Å². The second kappa shape index (κ2) is 11.4. The van der Waals surface area contributed by atoms with Crippen molar-refractivity contribution in [2.45, 2.75) is 32.8 Å². The van der Waals surface area contributed by atoms with E-state index in [1.165, 1.54) is 4.68 Å². The number of rotatable bonds is 7. The van der Waals surface area contributed by atoms with Crippen LogP contribution >= 0.6 is 43.5 Å². The highest BCUT2D eigenvalue weighted by atomic mass is 79.9. The molecule has 192 valence electrons. The van der Waals surface area contributed by atoms with Crippen molar-refractivity contribution >= 4 is 71.4 Å². The number of hydrogen-bond donors (Lipinski definition) is 0. The molecule has 8 heteroatoms. The van der Waals surface area contributed by atoms with Gasteiger partial charge in [-0.2, -0.15) is 9.78 Å². The van der Waals surface area contributed by atoms with Gasteiger partial charge in [-0.05, 0) is 74.6 Å². The van der Waals surface area contributed by atoms with Gasteiger partial charge in [-0.15, -0.1) is 0 Å². The number of aromatic nitrogens is 2. The van der Waals surface area contributed by atoms with E-state index in [9.17, 15) is 4.79 Å². The standard InChI is InChI=1S/C30H24Br2ClN3O2/c1-3-18(2)29-35-27-12-11-22(31)15-24(27)30(37)36(29)34-16-19-13-25(32)28(26(33)14-19)38-17-21-9-6-8-20-7-4-5-10-23(20)21/h4-16,18H,3,17H2,1-2H3/t18-/m1/s1. The van der Waals surface area contributed by atoms with E-state index in [4.69, 9.17) is 21.3 Å². The van der Waals surface area contributed by atoms with Crippen molar-refractivity contribution in [2.24, 2.45) is 5.10 Å². The van der Waals surface area contributed by atoms with E-state index < -0.39 is 0 Å². The van der Waals surface area contributed by atoms with Gasteiger partial charge in [-0.3, -0.25) is 4.79 Å². The fraction of sp³-hybridized carbons (Fsp3) is 0.167. The molecule has 1 aromatic heterocycles. The second-order valence-electron chi connectivity index (χ2n) is 9.04. The van der Waals surface area contributed by atoms with E-state index in [1.807, 2.05) is 49.4 Å². The Morgan fingerprint density at radius 3 is 2.63 bits per heavy atom. The van der Waals surface area contributed by atoms with Crippen LogP contribution in [0.4, 0.5) is 0 Å². The Bertz CT molecular complexity index is 1720. The average Bonchev–Trinajstić information content (AvgIpc) is 2.92. The molecule has 0 fully saturated rings. The van der Waals surface area contributed by atoms with Gasteiger partial charge in [0, 0.05) is 10.4 Å². The molecule has 1 atom stereocenters. The van der Waals surface area contributed by atoms with E-state index in [-0.39, 0.29) is 11.5 Å². The molecule has 0 bridgehead atoms. The number of halogens is 3. The Hall–Kier alpha value is -3.00. The molecule has 0 saturated heterocycles. The summed E-state index contributed by atoms with van der Waals surface area (Å²) < 4.78 is 9.02. The monoisotopic (exact) mass is 651 g/mol. The smallest absolute Gasteiger partial charge is 0.282 e. The molecule has 0 spiro atoms. The first kappa shape index (κ1) is 26.6. The van der Waals surface area contributed by atoms with Crippen molar-refractivity contribution in [1.82, 2.24) is 9.66 Å². The van der Waals surface area contributed by atoms with E-state index in [2.05, 4.69) is 62.1 Å². The van der Waals surface area contributed by atoms with Crippen molar-refractivity contribution < 1.29 is 4.74 Å². The third-order valence-corrected chi connectivity index (χ3v) is 7.84. The third kappa shape index (κ3) is 5.41. The molecule has 5 rings (SSSR count). The van der Waals surface area contributed by atoms with Crippen molar-refractivity contribution in [3.8, 4) is 5.75 Å². The first-order valence-corrected chi connectivity index (χ1v) is 14.2. The predicted molar refractivity (Wildman–Crippen MR) is 163 cm³/mol. The number of ether oxygens (including phenoxy) is 1. The van der Waals surface area contributed by atoms with Gasteiger partial charge in [-0.1, -0.05) is 83.8 Å². The Balaban J connectivity index is 1.46. The van der Waals surface area contributed by atoms with Crippen molar-refractivity contribution in [3.63, 3.8) is 0 Å². The topological polar surface area (TPSA) is 56.5 Å². The van der Waals surface area contributed by atoms with Crippen molar-refractivity contribution in [3.05, 3.63) is 114 Å². The number of hydrogen-bond acceptors (Lipinski definition) is 4. The first-order valence-electron chi connectivity index (χ1n) is 12.2. The highest BCUT2D eigenvalue weighted by Crippen LogP contribution is 2.35. The average molecular weight is 654 g/mol. The van der Waals surface area contributed by atoms with Crippen LogP contribution in [0.2, 0.25) is 5.02 Å². The lowest BCUT2D eigenvalue weighted by molar-refractivity contribution is 0.306. The molecular weight excluding hydrogens is 630 g/mol. The molecule has 0 aliphatic rings. The second-order valence-corrected chi connectivity index (χ2v) is 11.2. The zero-order valence-electron chi connectivity index (χ0n) is 20.8. The lowest BCUT2D eigenvalue weighted by Crippen LogP contribution is -2.23. The van der Waals surface area contributed by atoms with Crippen LogP contribution in [0.5, 0.6) is 5.75 Å². The fourth-order valence-corrected chi connectivity index (χ4v) is 5.61. The molecule has 5 nitrogen and oxygen atoms in total. The summed E-state index contributed by atoms with van der Waals surface area (Å²) >= 11 is 13.7. The maximum atomic E-state index is 13.4. The molecule has 0 radical (unpaired) electrons. The van der Waals surface area contributed by atoms with E-state index in [0.717, 1.165) is 32.8 Å². The van der Waals surface area contributed by atoms with Crippen LogP contribution in [0.15, 0.2) is 91.6 Å². The molecular formula is C30H24Br2ClN3O2. The van der Waals surface area contributed by atoms with Gasteiger partial charge in [0.15, 0.2) is 5.75 Å². The summed E-state index contributed by atoms with van der Waals surface area (Å²) in [7, 11) is 0. The van der Waals surface area contributed by atoms with E-state index in [0.29, 0.717) is 38.6 Å². The van der Waals surface area contributed by atoms with E-state index >= 15 is 0 Å². The molecule has 0 aliphatic carbocycles. The molecule has 0 N–H and O–H groups in total. The zero-order chi connectivity index (χ0) is 26.8. The summed E-state index contributed by atoms with van der Waals surface area (Å²) in [5.74, 6) is 1.21. The van der Waals surface area contributed by atoms with Gasteiger partial charge in [0.05, 0.1) is 26.6 Å². The molecule has 5 aromatic rings. The quantitative estimate of drug-likeness (QED) is 0.165. The SMILES string of the molecule is CC[C@@H](C)c1nc2ccc(Br)cc2c(=O)n1N=Cc1cc(Cl)c(OCc2cccc3ccccc23)c(Br)c1. The fourth-order valence-electron chi connectivity index (χ4n) is 4.26. The van der Waals surface area contributed by atoms with Crippen molar-refractivity contribution in [2.75, 3.05) is 0 Å². The Labute approximate surface area is 242 Å². The minimum absolute atomic E-state index is 0.0491. The number of fused-ring (bicyclic) bond motifs is 2. The van der Waals surface area contributed by atoms with Gasteiger partial charge in [0.2, 0.25) is 0 Å². The largest absolute Gasteiger partial charge is 0.486 e. The van der Waals surface area contributed by atoms with Gasteiger partial charge in [0.1, 0.15) is 12.4 Å². The van der Waals surface area contributed by atoms with Crippen LogP contribution in [-0.4, -0.2) is 15.9 Å². The number of nitrogens with zero attached hydrogens (tertiary/aromatic N) is 3. The summed E-state index contributed by atoms with van der Waals surface area (Å²) in [6.07, 6.45) is 2.44. The lowest BCUT2D eigenvalue weighted by Gasteiger charge is -2.14. The van der Waals surface area contributed by atoms with Crippen LogP contribution < -0.4 is 10.3 Å². The summed E-state index contributed by atoms with van der Waals surface area (Å²) in [4.78, 5) is 18.1. The Kier molecular flexibility index (Phi) is 7.98. The molecule has 38 heavy (non-hydrogen) atoms. The molecule has 0 saturated carbocycles. The summed E-state index contributed by atoms with van der Waals surface area (Å²) in [5, 5.41) is 7.79. The highest BCUT2D eigenvalue weighted by Gasteiger charge is 2.16. The zero-order valence-corrected chi connectivity index (χ0v) is 24.7. The minimum atomic E-state index is -0.219. The molecule has 0 unspecified atom stereocenters. The number of benzene rings is 4. The van der Waals surface area contributed by atoms with Crippen LogP contribution in [0, 0.1) is 0 Å². The summed E-state index contributed by atoms with van der Waals surface area (Å²) in [6.45, 7) is 4.47. The van der Waals surface area contributed by atoms with E-state index in [1.54, 1.807) is 18.3 Å². The third-order valence-electron chi connectivity index (χ3n) is 6.48. The van der Waals surface area contributed by atoms with Crippen LogP contribution in [0.3, 0.4) is 0 Å². The molecule has 0 aliphatic heterocycles. The Morgan fingerprint density at radius 2 is 1.84 bits per heavy atom. The van der Waals surface area contributed by atoms with Gasteiger partial charge < -0.3 is 4.74 Å². The van der Waals surface area contributed by atoms with Gasteiger partial charge in [0.25, 0.3) is 5.56 Å². The highest BCUT2D eigenvalue weighted by molar-refractivity contribution is 9.10. The maximum absolute atomic E-state index is 13.4. The first-order chi connectivity index (χ1) is 18.4. The lowest BCUT2D eigenvalue weighted by atomic mass is 10.1. The minimum Gasteiger partial charge on any atom is -0.486 e. The summed E-state index contributed by atoms with van der Waals surface area (Å²) in [6, 6.07) is 23.5. The Morgan fingerprint density at radius 1 is 1.05 bits per heavy atom. The molecule has 1 heterocycles. The summed E-state index contributed by atoms with van der Waals surface area (Å²) in [5.41, 5.74) is 2.22. The van der Waals surface area contributed by atoms with Crippen LogP contribution in [0.1, 0.15) is 43.1 Å². The predicted octanol–water partition coefficient (Wildman–Crippen LogP) is 8.70. The van der Waals surface area contributed by atoms with Crippen LogP contribution in [-0.2, 0) is 6.61 Å². The molecule has 4 aromatic carbocycles.